The lowest BCUT2D eigenvalue weighted by Gasteiger charge is -2.04. The Morgan fingerprint density at radius 2 is 2.19 bits per heavy atom. The number of fused-ring (bicyclic) bond motifs is 1. The molecule has 8 heteroatoms. The molecule has 0 saturated heterocycles. The summed E-state index contributed by atoms with van der Waals surface area (Å²) in [7, 11) is 0. The van der Waals surface area contributed by atoms with Crippen LogP contribution in [0, 0.1) is 13.8 Å². The highest BCUT2D eigenvalue weighted by Gasteiger charge is 2.17. The highest BCUT2D eigenvalue weighted by Crippen LogP contribution is 2.33. The summed E-state index contributed by atoms with van der Waals surface area (Å²) >= 11 is 3.29. The number of aromatic nitrogens is 3. The van der Waals surface area contributed by atoms with E-state index >= 15 is 0 Å². The number of anilines is 1. The first-order valence-corrected chi connectivity index (χ1v) is 10.1. The molecule has 0 radical (unpaired) electrons. The van der Waals surface area contributed by atoms with Crippen LogP contribution < -0.4 is 5.32 Å². The van der Waals surface area contributed by atoms with Gasteiger partial charge in [0.2, 0.25) is 0 Å². The van der Waals surface area contributed by atoms with Gasteiger partial charge in [-0.25, -0.2) is 4.98 Å². The molecule has 6 nitrogen and oxygen atoms in total. The van der Waals surface area contributed by atoms with Crippen LogP contribution in [-0.4, -0.2) is 21.0 Å². The Morgan fingerprint density at radius 1 is 1.30 bits per heavy atom. The van der Waals surface area contributed by atoms with Gasteiger partial charge in [-0.3, -0.25) is 9.78 Å². The van der Waals surface area contributed by atoms with Crippen LogP contribution in [0.1, 0.15) is 27.4 Å². The summed E-state index contributed by atoms with van der Waals surface area (Å²) in [5, 5.41) is 6.74. The summed E-state index contributed by atoms with van der Waals surface area (Å²) in [5.41, 5.74) is 3.86. The molecule has 27 heavy (non-hydrogen) atoms. The van der Waals surface area contributed by atoms with E-state index in [4.69, 9.17) is 4.52 Å². The number of amides is 1. The predicted molar refractivity (Wildman–Crippen MR) is 107 cm³/mol. The van der Waals surface area contributed by atoms with Crippen LogP contribution in [0.2, 0.25) is 0 Å². The molecule has 1 aromatic carbocycles. The Balaban J connectivity index is 1.50. The molecular weight excluding hydrogens is 380 g/mol. The van der Waals surface area contributed by atoms with Gasteiger partial charge in [-0.2, -0.15) is 0 Å². The number of thioether (sulfide) groups is 1. The first kappa shape index (κ1) is 17.7. The van der Waals surface area contributed by atoms with Gasteiger partial charge in [-0.15, -0.1) is 11.3 Å². The highest BCUT2D eigenvalue weighted by molar-refractivity contribution is 8.00. The topological polar surface area (TPSA) is 80.9 Å². The number of aryl methyl sites for hydroxylation is 2. The van der Waals surface area contributed by atoms with Gasteiger partial charge in [-0.05, 0) is 43.7 Å². The summed E-state index contributed by atoms with van der Waals surface area (Å²) in [6.07, 6.45) is 3.63. The Kier molecular flexibility index (Phi) is 4.91. The molecule has 0 fully saturated rings. The largest absolute Gasteiger partial charge is 0.361 e. The number of carbonyl (C=O) groups is 1. The van der Waals surface area contributed by atoms with E-state index in [-0.39, 0.29) is 5.91 Å². The van der Waals surface area contributed by atoms with Crippen LogP contribution >= 0.6 is 23.1 Å². The second kappa shape index (κ2) is 7.50. The van der Waals surface area contributed by atoms with Crippen molar-refractivity contribution in [3.8, 4) is 0 Å². The molecule has 1 N–H and O–H groups in total. The zero-order valence-corrected chi connectivity index (χ0v) is 16.4. The van der Waals surface area contributed by atoms with Crippen molar-refractivity contribution >= 4 is 44.9 Å². The van der Waals surface area contributed by atoms with Gasteiger partial charge in [0, 0.05) is 23.8 Å². The molecule has 0 aliphatic rings. The predicted octanol–water partition coefficient (Wildman–Crippen LogP) is 4.84. The third-order valence-corrected chi connectivity index (χ3v) is 6.20. The fourth-order valence-corrected chi connectivity index (χ4v) is 4.71. The zero-order chi connectivity index (χ0) is 18.8. The average molecular weight is 396 g/mol. The minimum absolute atomic E-state index is 0.221. The first-order valence-electron chi connectivity index (χ1n) is 8.26. The molecule has 0 bridgehead atoms. The normalized spacial score (nSPS) is 11.0. The van der Waals surface area contributed by atoms with Gasteiger partial charge < -0.3 is 9.84 Å². The molecule has 1 amide bonds. The maximum Gasteiger partial charge on any atom is 0.261 e. The van der Waals surface area contributed by atoms with Gasteiger partial charge in [0.15, 0.2) is 4.34 Å². The van der Waals surface area contributed by atoms with Crippen molar-refractivity contribution in [2.24, 2.45) is 0 Å². The number of hydrogen-bond acceptors (Lipinski definition) is 7. The van der Waals surface area contributed by atoms with Gasteiger partial charge in [0.05, 0.1) is 15.9 Å². The quantitative estimate of drug-likeness (QED) is 0.486. The standard InChI is InChI=1S/C19H16N4O2S2/c1-11-17(12(2)25-23-11)18(24)21-14-5-6-15-16(8-14)27-19(22-15)26-10-13-4-3-7-20-9-13/h3-9H,10H2,1-2H3,(H,21,24). The van der Waals surface area contributed by atoms with Crippen LogP contribution in [0.15, 0.2) is 51.6 Å². The van der Waals surface area contributed by atoms with Crippen LogP contribution in [0.3, 0.4) is 0 Å². The summed E-state index contributed by atoms with van der Waals surface area (Å²) in [6, 6.07) is 9.70. The SMILES string of the molecule is Cc1noc(C)c1C(=O)Nc1ccc2nc(SCc3cccnc3)sc2c1. The number of nitrogens with one attached hydrogen (secondary N) is 1. The van der Waals surface area contributed by atoms with Crippen molar-refractivity contribution in [1.29, 1.82) is 0 Å². The number of thiazole rings is 1. The summed E-state index contributed by atoms with van der Waals surface area (Å²) in [6.45, 7) is 3.48. The van der Waals surface area contributed by atoms with Crippen molar-refractivity contribution in [2.45, 2.75) is 23.9 Å². The maximum atomic E-state index is 12.5. The molecule has 136 valence electrons. The molecule has 0 unspecified atom stereocenters. The lowest BCUT2D eigenvalue weighted by Crippen LogP contribution is -2.13. The van der Waals surface area contributed by atoms with E-state index in [9.17, 15) is 4.79 Å². The minimum Gasteiger partial charge on any atom is -0.361 e. The Labute approximate surface area is 164 Å². The minimum atomic E-state index is -0.221. The molecule has 0 spiro atoms. The van der Waals surface area contributed by atoms with Crippen molar-refractivity contribution in [2.75, 3.05) is 5.32 Å². The zero-order valence-electron chi connectivity index (χ0n) is 14.7. The summed E-state index contributed by atoms with van der Waals surface area (Å²) in [5.74, 6) is 1.11. The molecule has 4 rings (SSSR count). The molecule has 3 aromatic heterocycles. The lowest BCUT2D eigenvalue weighted by atomic mass is 10.2. The molecule has 0 aliphatic heterocycles. The molecule has 3 heterocycles. The van der Waals surface area contributed by atoms with E-state index in [1.165, 1.54) is 0 Å². The number of benzene rings is 1. The second-order valence-electron chi connectivity index (χ2n) is 5.97. The van der Waals surface area contributed by atoms with Crippen molar-refractivity contribution < 1.29 is 9.32 Å². The van der Waals surface area contributed by atoms with E-state index in [0.29, 0.717) is 17.0 Å². The molecule has 0 atom stereocenters. The number of hydrogen-bond donors (Lipinski definition) is 1. The fraction of sp³-hybridized carbons (Fsp3) is 0.158. The second-order valence-corrected chi connectivity index (χ2v) is 8.22. The van der Waals surface area contributed by atoms with Crippen molar-refractivity contribution in [3.63, 3.8) is 0 Å². The summed E-state index contributed by atoms with van der Waals surface area (Å²) in [4.78, 5) is 21.3. The van der Waals surface area contributed by atoms with Crippen LogP contribution in [0.4, 0.5) is 5.69 Å². The van der Waals surface area contributed by atoms with Crippen LogP contribution in [-0.2, 0) is 5.75 Å². The van der Waals surface area contributed by atoms with Crippen LogP contribution in [0.5, 0.6) is 0 Å². The number of nitrogens with zero attached hydrogens (tertiary/aromatic N) is 3. The Hall–Kier alpha value is -2.71. The van der Waals surface area contributed by atoms with E-state index in [1.807, 2.05) is 30.5 Å². The van der Waals surface area contributed by atoms with Gasteiger partial charge in [0.25, 0.3) is 5.91 Å². The lowest BCUT2D eigenvalue weighted by molar-refractivity contribution is 0.102. The maximum absolute atomic E-state index is 12.5. The van der Waals surface area contributed by atoms with E-state index < -0.39 is 0 Å². The molecule has 4 aromatic rings. The molecule has 0 saturated carbocycles. The fourth-order valence-electron chi connectivity index (χ4n) is 2.67. The van der Waals surface area contributed by atoms with Crippen molar-refractivity contribution in [3.05, 3.63) is 65.3 Å². The van der Waals surface area contributed by atoms with Gasteiger partial charge in [0.1, 0.15) is 11.3 Å². The van der Waals surface area contributed by atoms with Crippen LogP contribution in [0.25, 0.3) is 10.2 Å². The molecular formula is C19H16N4O2S2. The number of carbonyl (C=O) groups excluding carboxylic acids is 1. The highest BCUT2D eigenvalue weighted by atomic mass is 32.2. The van der Waals surface area contributed by atoms with Gasteiger partial charge in [-0.1, -0.05) is 23.0 Å². The molecule has 0 aliphatic carbocycles. The van der Waals surface area contributed by atoms with Crippen molar-refractivity contribution in [1.82, 2.24) is 15.1 Å². The van der Waals surface area contributed by atoms with E-state index in [1.54, 1.807) is 43.1 Å². The summed E-state index contributed by atoms with van der Waals surface area (Å²) < 4.78 is 7.08. The monoisotopic (exact) mass is 396 g/mol. The third-order valence-electron chi connectivity index (χ3n) is 3.97. The van der Waals surface area contributed by atoms with E-state index in [0.717, 1.165) is 31.6 Å². The number of pyridine rings is 1. The smallest absolute Gasteiger partial charge is 0.261 e. The van der Waals surface area contributed by atoms with E-state index in [2.05, 4.69) is 26.5 Å². The first-order chi connectivity index (χ1) is 13.1. The Morgan fingerprint density at radius 3 is 2.93 bits per heavy atom. The third kappa shape index (κ3) is 3.86. The average Bonchev–Trinajstić information content (AvgIpc) is 3.23. The van der Waals surface area contributed by atoms with Gasteiger partial charge >= 0.3 is 0 Å². The number of rotatable bonds is 5. The Bertz CT molecular complexity index is 1090.